The van der Waals surface area contributed by atoms with Crippen LogP contribution in [-0.2, 0) is 21.7 Å². The Morgan fingerprint density at radius 1 is 1.07 bits per heavy atom. The number of ether oxygens (including phenoxy) is 1. The number of benzene rings is 2. The van der Waals surface area contributed by atoms with Crippen LogP contribution < -0.4 is 10.1 Å². The van der Waals surface area contributed by atoms with Gasteiger partial charge in [-0.1, -0.05) is 30.3 Å². The highest BCUT2D eigenvalue weighted by molar-refractivity contribution is 7.93. The molecule has 29 heavy (non-hydrogen) atoms. The summed E-state index contributed by atoms with van der Waals surface area (Å²) in [6.07, 6.45) is 0. The summed E-state index contributed by atoms with van der Waals surface area (Å²) in [7, 11) is -0.752. The molecule has 0 saturated heterocycles. The zero-order valence-electron chi connectivity index (χ0n) is 16.7. The van der Waals surface area contributed by atoms with Gasteiger partial charge >= 0.3 is 0 Å². The Balaban J connectivity index is 1.86. The van der Waals surface area contributed by atoms with E-state index in [0.29, 0.717) is 17.3 Å². The van der Waals surface area contributed by atoms with Gasteiger partial charge in [-0.15, -0.1) is 0 Å². The van der Waals surface area contributed by atoms with Crippen molar-refractivity contribution in [2.75, 3.05) is 12.4 Å². The molecule has 3 aromatic rings. The summed E-state index contributed by atoms with van der Waals surface area (Å²) in [5.41, 5.74) is 1.58. The zero-order chi connectivity index (χ0) is 21.2. The number of aromatic nitrogens is 2. The number of hydrogen-bond acceptors (Lipinski definition) is 5. The molecule has 0 radical (unpaired) electrons. The molecule has 0 atom stereocenters. The Kier molecular flexibility index (Phi) is 5.48. The first-order valence-corrected chi connectivity index (χ1v) is 10.4. The van der Waals surface area contributed by atoms with Crippen molar-refractivity contribution < 1.29 is 17.9 Å². The summed E-state index contributed by atoms with van der Waals surface area (Å²) in [6, 6.07) is 17.2. The third-order valence-electron chi connectivity index (χ3n) is 4.78. The number of hydrogen-bond donors (Lipinski definition) is 1. The minimum absolute atomic E-state index is 0.0495. The van der Waals surface area contributed by atoms with Gasteiger partial charge in [-0.05, 0) is 38.1 Å². The Hall–Kier alpha value is -3.13. The minimum Gasteiger partial charge on any atom is -0.497 e. The number of nitrogens with zero attached hydrogens (tertiary/aromatic N) is 2. The van der Waals surface area contributed by atoms with Crippen LogP contribution in [0.2, 0.25) is 0 Å². The predicted octanol–water partition coefficient (Wildman–Crippen LogP) is 3.29. The van der Waals surface area contributed by atoms with Crippen LogP contribution in [0.5, 0.6) is 5.75 Å². The Morgan fingerprint density at radius 2 is 1.69 bits per heavy atom. The summed E-state index contributed by atoms with van der Waals surface area (Å²) in [4.78, 5) is 13.0. The molecule has 0 bridgehead atoms. The van der Waals surface area contributed by atoms with Crippen LogP contribution in [0.4, 0.5) is 5.82 Å². The number of sulfone groups is 1. The van der Waals surface area contributed by atoms with E-state index in [1.54, 1.807) is 25.2 Å². The molecule has 0 saturated carbocycles. The van der Waals surface area contributed by atoms with Crippen molar-refractivity contribution >= 4 is 21.6 Å². The lowest BCUT2D eigenvalue weighted by Gasteiger charge is -2.24. The van der Waals surface area contributed by atoms with Gasteiger partial charge in [-0.2, -0.15) is 5.10 Å². The second-order valence-corrected chi connectivity index (χ2v) is 9.55. The quantitative estimate of drug-likeness (QED) is 0.670. The number of carbonyl (C=O) groups excluding carboxylic acids is 1. The molecule has 7 nitrogen and oxygen atoms in total. The normalized spacial score (nSPS) is 11.9. The molecule has 0 aliphatic carbocycles. The third-order valence-corrected chi connectivity index (χ3v) is 7.20. The van der Waals surface area contributed by atoms with Crippen LogP contribution in [0.15, 0.2) is 65.6 Å². The van der Waals surface area contributed by atoms with Gasteiger partial charge in [-0.25, -0.2) is 8.42 Å². The van der Waals surface area contributed by atoms with E-state index in [1.807, 2.05) is 30.3 Å². The van der Waals surface area contributed by atoms with Gasteiger partial charge in [0.2, 0.25) is 5.91 Å². The molecule has 0 aliphatic heterocycles. The molecule has 0 unspecified atom stereocenters. The first kappa shape index (κ1) is 20.6. The second-order valence-electron chi connectivity index (χ2n) is 7.05. The van der Waals surface area contributed by atoms with Gasteiger partial charge in [0, 0.05) is 18.7 Å². The maximum Gasteiger partial charge on any atom is 0.246 e. The van der Waals surface area contributed by atoms with Gasteiger partial charge in [-0.3, -0.25) is 9.48 Å². The fourth-order valence-electron chi connectivity index (χ4n) is 2.77. The van der Waals surface area contributed by atoms with E-state index in [1.165, 1.54) is 37.8 Å². The molecule has 0 spiro atoms. The number of amides is 1. The topological polar surface area (TPSA) is 90.3 Å². The first-order valence-electron chi connectivity index (χ1n) is 8.96. The van der Waals surface area contributed by atoms with Crippen LogP contribution in [0.3, 0.4) is 0 Å². The molecule has 3 rings (SSSR count). The van der Waals surface area contributed by atoms with Crippen molar-refractivity contribution in [1.29, 1.82) is 0 Å². The predicted molar refractivity (Wildman–Crippen MR) is 112 cm³/mol. The number of carbonyl (C=O) groups is 1. The number of aryl methyl sites for hydroxylation is 1. The molecule has 152 valence electrons. The smallest absolute Gasteiger partial charge is 0.246 e. The van der Waals surface area contributed by atoms with E-state index in [-0.39, 0.29) is 4.90 Å². The molecule has 2 aromatic carbocycles. The highest BCUT2D eigenvalue weighted by Gasteiger charge is 2.43. The molecule has 1 amide bonds. The van der Waals surface area contributed by atoms with E-state index in [9.17, 15) is 13.2 Å². The fourth-order valence-corrected chi connectivity index (χ4v) is 4.15. The van der Waals surface area contributed by atoms with Gasteiger partial charge in [0.15, 0.2) is 9.84 Å². The van der Waals surface area contributed by atoms with Crippen LogP contribution in [0, 0.1) is 0 Å². The average molecular weight is 413 g/mol. The van der Waals surface area contributed by atoms with Gasteiger partial charge < -0.3 is 10.1 Å². The van der Waals surface area contributed by atoms with E-state index >= 15 is 0 Å². The van der Waals surface area contributed by atoms with Crippen LogP contribution >= 0.6 is 0 Å². The lowest BCUT2D eigenvalue weighted by molar-refractivity contribution is -0.117. The molecule has 1 heterocycles. The zero-order valence-corrected chi connectivity index (χ0v) is 17.5. The van der Waals surface area contributed by atoms with E-state index < -0.39 is 20.5 Å². The number of nitrogens with one attached hydrogen (secondary N) is 1. The SMILES string of the molecule is COc1ccc(S(=O)(=O)C(C)(C)C(=O)Nc2cc(-c3ccccc3)nn2C)cc1. The number of rotatable bonds is 6. The molecule has 1 N–H and O–H groups in total. The van der Waals surface area contributed by atoms with Crippen molar-refractivity contribution in [2.24, 2.45) is 7.05 Å². The summed E-state index contributed by atoms with van der Waals surface area (Å²) in [5.74, 6) is 0.303. The number of anilines is 1. The van der Waals surface area contributed by atoms with Crippen LogP contribution in [0.1, 0.15) is 13.8 Å². The monoisotopic (exact) mass is 413 g/mol. The van der Waals surface area contributed by atoms with Crippen molar-refractivity contribution in [3.63, 3.8) is 0 Å². The van der Waals surface area contributed by atoms with Crippen molar-refractivity contribution in [2.45, 2.75) is 23.5 Å². The molecule has 0 fully saturated rings. The largest absolute Gasteiger partial charge is 0.497 e. The Morgan fingerprint density at radius 3 is 2.28 bits per heavy atom. The minimum atomic E-state index is -3.94. The highest BCUT2D eigenvalue weighted by Crippen LogP contribution is 2.29. The molecule has 1 aromatic heterocycles. The standard InChI is InChI=1S/C21H23N3O4S/c1-21(2,29(26,27)17-12-10-16(28-4)11-13-17)20(25)22-19-14-18(23-24(19)3)15-8-6-5-7-9-15/h5-14H,1-4H3,(H,22,25). The molecule has 0 aliphatic rings. The fraction of sp³-hybridized carbons (Fsp3) is 0.238. The maximum absolute atomic E-state index is 13.1. The van der Waals surface area contributed by atoms with Gasteiger partial charge in [0.1, 0.15) is 16.3 Å². The summed E-state index contributed by atoms with van der Waals surface area (Å²) in [5, 5.41) is 7.09. The summed E-state index contributed by atoms with van der Waals surface area (Å²) >= 11 is 0. The van der Waals surface area contributed by atoms with Crippen molar-refractivity contribution in [3.8, 4) is 17.0 Å². The third kappa shape index (κ3) is 3.88. The average Bonchev–Trinajstić information content (AvgIpc) is 3.08. The summed E-state index contributed by atoms with van der Waals surface area (Å²) < 4.78 is 31.0. The molecular formula is C21H23N3O4S. The van der Waals surface area contributed by atoms with Crippen molar-refractivity contribution in [1.82, 2.24) is 9.78 Å². The highest BCUT2D eigenvalue weighted by atomic mass is 32.2. The Bertz CT molecular complexity index is 1120. The van der Waals surface area contributed by atoms with Crippen molar-refractivity contribution in [3.05, 3.63) is 60.7 Å². The van der Waals surface area contributed by atoms with E-state index in [2.05, 4.69) is 10.4 Å². The first-order chi connectivity index (χ1) is 13.7. The van der Waals surface area contributed by atoms with Gasteiger partial charge in [0.05, 0.1) is 17.7 Å². The van der Waals surface area contributed by atoms with E-state index in [4.69, 9.17) is 4.74 Å². The number of methoxy groups -OCH3 is 1. The molecular weight excluding hydrogens is 390 g/mol. The van der Waals surface area contributed by atoms with Crippen LogP contribution in [0.25, 0.3) is 11.3 Å². The van der Waals surface area contributed by atoms with Crippen LogP contribution in [-0.4, -0.2) is 36.0 Å². The Labute approximate surface area is 170 Å². The van der Waals surface area contributed by atoms with Gasteiger partial charge in [0.25, 0.3) is 0 Å². The second kappa shape index (κ2) is 7.71. The lowest BCUT2D eigenvalue weighted by Crippen LogP contribution is -2.44. The maximum atomic E-state index is 13.1. The summed E-state index contributed by atoms with van der Waals surface area (Å²) in [6.45, 7) is 2.77. The lowest BCUT2D eigenvalue weighted by atomic mass is 10.1. The molecule has 8 heteroatoms. The van der Waals surface area contributed by atoms with E-state index in [0.717, 1.165) is 5.56 Å².